The molecule has 1 aliphatic rings. The fourth-order valence-electron chi connectivity index (χ4n) is 2.51. The van der Waals surface area contributed by atoms with Gasteiger partial charge < -0.3 is 10.1 Å². The minimum Gasteiger partial charge on any atom is -0.495 e. The summed E-state index contributed by atoms with van der Waals surface area (Å²) in [6.07, 6.45) is 2.17. The maximum Gasteiger partial charge on any atom is 0.237 e. The maximum absolute atomic E-state index is 12.6. The molecule has 2 aromatic rings. The predicted molar refractivity (Wildman–Crippen MR) is 100 cm³/mol. The lowest BCUT2D eigenvalue weighted by molar-refractivity contribution is -0.115. The van der Waals surface area contributed by atoms with Gasteiger partial charge in [-0.2, -0.15) is 5.26 Å². The standard InChI is InChI=1S/C19H20N4O2S/c1-11-14(10-20)19(23-17(21-11)13-8-9-13)26-12(2)18(24)22-15-6-4-5-7-16(15)25-3/h4-7,12-13H,8-9H2,1-3H3,(H,22,24)/t12-/m1/s1. The second-order valence-corrected chi connectivity index (χ2v) is 7.51. The third-order valence-electron chi connectivity index (χ3n) is 4.15. The molecule has 1 fully saturated rings. The number of para-hydroxylation sites is 2. The summed E-state index contributed by atoms with van der Waals surface area (Å²) in [6, 6.07) is 9.42. The average Bonchev–Trinajstić information content (AvgIpc) is 3.47. The van der Waals surface area contributed by atoms with Crippen molar-refractivity contribution in [3.63, 3.8) is 0 Å². The highest BCUT2D eigenvalue weighted by molar-refractivity contribution is 8.00. The second-order valence-electron chi connectivity index (χ2n) is 6.18. The van der Waals surface area contributed by atoms with Crippen LogP contribution in [0.2, 0.25) is 0 Å². The summed E-state index contributed by atoms with van der Waals surface area (Å²) in [4.78, 5) is 21.6. The van der Waals surface area contributed by atoms with Gasteiger partial charge in [0.25, 0.3) is 0 Å². The van der Waals surface area contributed by atoms with E-state index in [1.54, 1.807) is 26.2 Å². The first-order valence-electron chi connectivity index (χ1n) is 8.42. The van der Waals surface area contributed by atoms with E-state index in [0.29, 0.717) is 33.6 Å². The Morgan fingerprint density at radius 3 is 2.77 bits per heavy atom. The quantitative estimate of drug-likeness (QED) is 0.618. The minimum atomic E-state index is -0.423. The van der Waals surface area contributed by atoms with Gasteiger partial charge in [0.1, 0.15) is 28.2 Å². The van der Waals surface area contributed by atoms with Crippen LogP contribution >= 0.6 is 11.8 Å². The number of thioether (sulfide) groups is 1. The molecule has 1 aromatic heterocycles. The predicted octanol–water partition coefficient (Wildman–Crippen LogP) is 3.66. The topological polar surface area (TPSA) is 87.9 Å². The van der Waals surface area contributed by atoms with E-state index in [1.807, 2.05) is 19.1 Å². The zero-order valence-corrected chi connectivity index (χ0v) is 15.8. The van der Waals surface area contributed by atoms with E-state index < -0.39 is 5.25 Å². The van der Waals surface area contributed by atoms with Crippen LogP contribution in [-0.2, 0) is 4.79 Å². The third-order valence-corrected chi connectivity index (χ3v) is 5.24. The summed E-state index contributed by atoms with van der Waals surface area (Å²) in [5.74, 6) is 1.59. The largest absolute Gasteiger partial charge is 0.495 e. The number of aromatic nitrogens is 2. The van der Waals surface area contributed by atoms with Crippen LogP contribution < -0.4 is 10.1 Å². The van der Waals surface area contributed by atoms with E-state index in [4.69, 9.17) is 4.74 Å². The Labute approximate surface area is 157 Å². The maximum atomic E-state index is 12.6. The molecule has 0 unspecified atom stereocenters. The number of anilines is 1. The Morgan fingerprint density at radius 1 is 1.38 bits per heavy atom. The van der Waals surface area contributed by atoms with Gasteiger partial charge >= 0.3 is 0 Å². The highest BCUT2D eigenvalue weighted by Crippen LogP contribution is 2.39. The van der Waals surface area contributed by atoms with Crippen molar-refractivity contribution in [2.24, 2.45) is 0 Å². The number of ether oxygens (including phenoxy) is 1. The summed E-state index contributed by atoms with van der Waals surface area (Å²) in [5, 5.41) is 12.5. The minimum absolute atomic E-state index is 0.173. The molecule has 26 heavy (non-hydrogen) atoms. The summed E-state index contributed by atoms with van der Waals surface area (Å²) in [5.41, 5.74) is 1.73. The number of benzene rings is 1. The number of nitrogens with one attached hydrogen (secondary N) is 1. The van der Waals surface area contributed by atoms with E-state index in [9.17, 15) is 10.1 Å². The molecule has 1 atom stereocenters. The van der Waals surface area contributed by atoms with Crippen molar-refractivity contribution >= 4 is 23.4 Å². The zero-order valence-electron chi connectivity index (χ0n) is 14.9. The second kappa shape index (κ2) is 7.75. The van der Waals surface area contributed by atoms with Gasteiger partial charge in [0.2, 0.25) is 5.91 Å². The molecule has 1 aromatic carbocycles. The molecule has 0 aliphatic heterocycles. The average molecular weight is 368 g/mol. The van der Waals surface area contributed by atoms with Crippen molar-refractivity contribution in [2.75, 3.05) is 12.4 Å². The molecule has 7 heteroatoms. The number of carbonyl (C=O) groups excluding carboxylic acids is 1. The van der Waals surface area contributed by atoms with Crippen molar-refractivity contribution in [3.05, 3.63) is 41.3 Å². The summed E-state index contributed by atoms with van der Waals surface area (Å²) >= 11 is 1.28. The molecule has 1 heterocycles. The molecule has 0 bridgehead atoms. The van der Waals surface area contributed by atoms with Crippen LogP contribution in [-0.4, -0.2) is 28.2 Å². The molecule has 1 saturated carbocycles. The van der Waals surface area contributed by atoms with Gasteiger partial charge in [-0.1, -0.05) is 23.9 Å². The number of nitriles is 1. The first kappa shape index (κ1) is 18.2. The molecule has 0 radical (unpaired) electrons. The SMILES string of the molecule is COc1ccccc1NC(=O)[C@@H](C)Sc1nc(C2CC2)nc(C)c1C#N. The lowest BCUT2D eigenvalue weighted by atomic mass is 10.2. The Morgan fingerprint density at radius 2 is 2.12 bits per heavy atom. The molecule has 6 nitrogen and oxygen atoms in total. The Kier molecular flexibility index (Phi) is 5.43. The van der Waals surface area contributed by atoms with Crippen LogP contribution in [0.5, 0.6) is 5.75 Å². The zero-order chi connectivity index (χ0) is 18.7. The molecule has 134 valence electrons. The smallest absolute Gasteiger partial charge is 0.237 e. The van der Waals surface area contributed by atoms with Gasteiger partial charge in [0, 0.05) is 5.92 Å². The molecular formula is C19H20N4O2S. The molecule has 1 N–H and O–H groups in total. The highest BCUT2D eigenvalue weighted by atomic mass is 32.2. The number of aryl methyl sites for hydroxylation is 1. The van der Waals surface area contributed by atoms with Crippen molar-refractivity contribution < 1.29 is 9.53 Å². The Bertz CT molecular complexity index is 874. The molecule has 0 saturated heterocycles. The van der Waals surface area contributed by atoms with E-state index >= 15 is 0 Å². The number of methoxy groups -OCH3 is 1. The Balaban J connectivity index is 1.78. The van der Waals surface area contributed by atoms with Gasteiger partial charge in [0.15, 0.2) is 0 Å². The van der Waals surface area contributed by atoms with Crippen molar-refractivity contribution in [3.8, 4) is 11.8 Å². The van der Waals surface area contributed by atoms with Crippen LogP contribution in [0.4, 0.5) is 5.69 Å². The fraction of sp³-hybridized carbons (Fsp3) is 0.368. The summed E-state index contributed by atoms with van der Waals surface area (Å²) in [6.45, 7) is 3.61. The number of rotatable bonds is 6. The molecule has 0 spiro atoms. The number of carbonyl (C=O) groups is 1. The monoisotopic (exact) mass is 368 g/mol. The van der Waals surface area contributed by atoms with Crippen molar-refractivity contribution in [2.45, 2.75) is 42.9 Å². The first-order chi connectivity index (χ1) is 12.5. The summed E-state index contributed by atoms with van der Waals surface area (Å²) in [7, 11) is 1.56. The van der Waals surface area contributed by atoms with E-state index in [1.165, 1.54) is 11.8 Å². The fourth-order valence-corrected chi connectivity index (χ4v) is 3.47. The number of hydrogen-bond acceptors (Lipinski definition) is 6. The lowest BCUT2D eigenvalue weighted by Gasteiger charge is -2.15. The van der Waals surface area contributed by atoms with E-state index in [0.717, 1.165) is 18.7 Å². The van der Waals surface area contributed by atoms with Gasteiger partial charge in [-0.15, -0.1) is 0 Å². The van der Waals surface area contributed by atoms with Gasteiger partial charge in [-0.25, -0.2) is 9.97 Å². The van der Waals surface area contributed by atoms with Crippen LogP contribution in [0.1, 0.15) is 42.8 Å². The van der Waals surface area contributed by atoms with Gasteiger partial charge in [0.05, 0.1) is 23.7 Å². The van der Waals surface area contributed by atoms with Gasteiger partial charge in [-0.05, 0) is 38.8 Å². The number of hydrogen-bond donors (Lipinski definition) is 1. The summed E-state index contributed by atoms with van der Waals surface area (Å²) < 4.78 is 5.26. The molecule has 1 aliphatic carbocycles. The lowest BCUT2D eigenvalue weighted by Crippen LogP contribution is -2.23. The molecule has 1 amide bonds. The van der Waals surface area contributed by atoms with E-state index in [2.05, 4.69) is 21.4 Å². The highest BCUT2D eigenvalue weighted by Gasteiger charge is 2.29. The van der Waals surface area contributed by atoms with Crippen LogP contribution in [0, 0.1) is 18.3 Å². The van der Waals surface area contributed by atoms with Crippen LogP contribution in [0.25, 0.3) is 0 Å². The Hall–Kier alpha value is -2.59. The van der Waals surface area contributed by atoms with E-state index in [-0.39, 0.29) is 5.91 Å². The van der Waals surface area contributed by atoms with Crippen molar-refractivity contribution in [1.29, 1.82) is 5.26 Å². The van der Waals surface area contributed by atoms with Crippen molar-refractivity contribution in [1.82, 2.24) is 9.97 Å². The first-order valence-corrected chi connectivity index (χ1v) is 9.30. The van der Waals surface area contributed by atoms with Crippen LogP contribution in [0.3, 0.4) is 0 Å². The number of nitrogens with zero attached hydrogens (tertiary/aromatic N) is 3. The molecular weight excluding hydrogens is 348 g/mol. The third kappa shape index (κ3) is 3.97. The van der Waals surface area contributed by atoms with Crippen LogP contribution in [0.15, 0.2) is 29.3 Å². The number of amides is 1. The van der Waals surface area contributed by atoms with Gasteiger partial charge in [-0.3, -0.25) is 4.79 Å². The molecule has 3 rings (SSSR count). The normalized spacial score (nSPS) is 14.4.